The van der Waals surface area contributed by atoms with Gasteiger partial charge in [0.25, 0.3) is 0 Å². The Morgan fingerprint density at radius 1 is 1.33 bits per heavy atom. The van der Waals surface area contributed by atoms with Crippen molar-refractivity contribution >= 4 is 6.41 Å². The van der Waals surface area contributed by atoms with Gasteiger partial charge in [-0.2, -0.15) is 0 Å². The van der Waals surface area contributed by atoms with Crippen LogP contribution in [0.1, 0.15) is 20.8 Å². The summed E-state index contributed by atoms with van der Waals surface area (Å²) in [6, 6.07) is 0.350. The van der Waals surface area contributed by atoms with E-state index in [0.717, 1.165) is 6.41 Å². The number of hydrogen-bond donors (Lipinski definition) is 0. The van der Waals surface area contributed by atoms with Gasteiger partial charge in [0, 0.05) is 13.1 Å². The lowest BCUT2D eigenvalue weighted by atomic mass is 10.1. The third-order valence-electron chi connectivity index (χ3n) is 1.77. The van der Waals surface area contributed by atoms with Gasteiger partial charge in [0.15, 0.2) is 0 Å². The SMILES string of the molecule is CC(C)C(C)N(C)C=O. The van der Waals surface area contributed by atoms with Crippen molar-refractivity contribution < 1.29 is 4.79 Å². The Morgan fingerprint density at radius 3 is 1.89 bits per heavy atom. The zero-order valence-corrected chi connectivity index (χ0v) is 6.59. The Morgan fingerprint density at radius 2 is 1.78 bits per heavy atom. The van der Waals surface area contributed by atoms with Crippen molar-refractivity contribution in [3.63, 3.8) is 0 Å². The first-order valence-corrected chi connectivity index (χ1v) is 3.26. The molecule has 0 radical (unpaired) electrons. The Labute approximate surface area is 56.9 Å². The highest BCUT2D eigenvalue weighted by atomic mass is 16.1. The minimum atomic E-state index is 0.350. The average Bonchev–Trinajstić information content (AvgIpc) is 1.84. The topological polar surface area (TPSA) is 20.3 Å². The lowest BCUT2D eigenvalue weighted by Gasteiger charge is -2.23. The van der Waals surface area contributed by atoms with E-state index >= 15 is 0 Å². The molecule has 54 valence electrons. The van der Waals surface area contributed by atoms with Crippen LogP contribution in [-0.2, 0) is 4.79 Å². The molecule has 0 aromatic rings. The molecule has 2 nitrogen and oxygen atoms in total. The number of amides is 1. The molecule has 1 unspecified atom stereocenters. The van der Waals surface area contributed by atoms with Crippen LogP contribution in [0.2, 0.25) is 0 Å². The van der Waals surface area contributed by atoms with E-state index in [2.05, 4.69) is 13.8 Å². The van der Waals surface area contributed by atoms with Crippen molar-refractivity contribution in [2.24, 2.45) is 5.92 Å². The summed E-state index contributed by atoms with van der Waals surface area (Å²) in [6.45, 7) is 6.24. The third-order valence-corrected chi connectivity index (χ3v) is 1.77. The van der Waals surface area contributed by atoms with Gasteiger partial charge in [-0.1, -0.05) is 13.8 Å². The van der Waals surface area contributed by atoms with Gasteiger partial charge in [-0.05, 0) is 12.8 Å². The highest BCUT2D eigenvalue weighted by molar-refractivity contribution is 5.46. The molecule has 0 aliphatic carbocycles. The van der Waals surface area contributed by atoms with E-state index in [-0.39, 0.29) is 0 Å². The molecule has 2 heteroatoms. The summed E-state index contributed by atoms with van der Waals surface area (Å²) in [5.74, 6) is 0.542. The van der Waals surface area contributed by atoms with Gasteiger partial charge in [0.1, 0.15) is 0 Å². The second-order valence-electron chi connectivity index (χ2n) is 2.76. The van der Waals surface area contributed by atoms with Crippen molar-refractivity contribution in [2.45, 2.75) is 26.8 Å². The Bertz CT molecular complexity index is 90.9. The summed E-state index contributed by atoms with van der Waals surface area (Å²) in [4.78, 5) is 11.9. The molecule has 0 saturated heterocycles. The summed E-state index contributed by atoms with van der Waals surface area (Å²) >= 11 is 0. The lowest BCUT2D eigenvalue weighted by Crippen LogP contribution is -2.31. The minimum Gasteiger partial charge on any atom is -0.345 e. The second kappa shape index (κ2) is 3.49. The summed E-state index contributed by atoms with van der Waals surface area (Å²) in [5.41, 5.74) is 0. The minimum absolute atomic E-state index is 0.350. The highest BCUT2D eigenvalue weighted by Gasteiger charge is 2.09. The van der Waals surface area contributed by atoms with E-state index in [0.29, 0.717) is 12.0 Å². The summed E-state index contributed by atoms with van der Waals surface area (Å²) < 4.78 is 0. The molecule has 0 aromatic heterocycles. The molecule has 0 N–H and O–H groups in total. The number of rotatable bonds is 3. The maximum atomic E-state index is 10.2. The second-order valence-corrected chi connectivity index (χ2v) is 2.76. The number of carbonyl (C=O) groups is 1. The Kier molecular flexibility index (Phi) is 3.28. The van der Waals surface area contributed by atoms with Crippen molar-refractivity contribution in [1.82, 2.24) is 4.90 Å². The lowest BCUT2D eigenvalue weighted by molar-refractivity contribution is -0.119. The van der Waals surface area contributed by atoms with Crippen LogP contribution >= 0.6 is 0 Å². The first kappa shape index (κ1) is 8.47. The molecular weight excluding hydrogens is 114 g/mol. The van der Waals surface area contributed by atoms with E-state index in [1.807, 2.05) is 6.92 Å². The van der Waals surface area contributed by atoms with E-state index in [1.165, 1.54) is 0 Å². The largest absolute Gasteiger partial charge is 0.345 e. The highest BCUT2D eigenvalue weighted by Crippen LogP contribution is 2.04. The van der Waals surface area contributed by atoms with Crippen molar-refractivity contribution in [3.8, 4) is 0 Å². The smallest absolute Gasteiger partial charge is 0.209 e. The molecule has 0 bridgehead atoms. The molecule has 9 heavy (non-hydrogen) atoms. The van der Waals surface area contributed by atoms with Crippen LogP contribution < -0.4 is 0 Å². The van der Waals surface area contributed by atoms with E-state index in [9.17, 15) is 4.79 Å². The van der Waals surface area contributed by atoms with Crippen LogP contribution in [0, 0.1) is 5.92 Å². The molecule has 0 aromatic carbocycles. The maximum absolute atomic E-state index is 10.2. The van der Waals surface area contributed by atoms with Gasteiger partial charge < -0.3 is 4.90 Å². The first-order chi connectivity index (χ1) is 4.09. The fourth-order valence-corrected chi connectivity index (χ4v) is 0.566. The van der Waals surface area contributed by atoms with Crippen molar-refractivity contribution in [2.75, 3.05) is 7.05 Å². The van der Waals surface area contributed by atoms with Crippen LogP contribution in [0.25, 0.3) is 0 Å². The number of carbonyl (C=O) groups excluding carboxylic acids is 1. The van der Waals surface area contributed by atoms with Crippen LogP contribution in [0.4, 0.5) is 0 Å². The molecular formula is C7H15NO. The molecule has 1 amide bonds. The third kappa shape index (κ3) is 2.49. The monoisotopic (exact) mass is 129 g/mol. The van der Waals surface area contributed by atoms with Gasteiger partial charge in [-0.25, -0.2) is 0 Å². The zero-order chi connectivity index (χ0) is 7.44. The van der Waals surface area contributed by atoms with Crippen LogP contribution in [0.15, 0.2) is 0 Å². The van der Waals surface area contributed by atoms with E-state index < -0.39 is 0 Å². The predicted octanol–water partition coefficient (Wildman–Crippen LogP) is 1.12. The molecule has 0 rings (SSSR count). The van der Waals surface area contributed by atoms with Gasteiger partial charge in [-0.15, -0.1) is 0 Å². The Balaban J connectivity index is 3.71. The summed E-state index contributed by atoms with van der Waals surface area (Å²) in [5, 5.41) is 0. The Hall–Kier alpha value is -0.530. The number of nitrogens with zero attached hydrogens (tertiary/aromatic N) is 1. The van der Waals surface area contributed by atoms with Crippen LogP contribution in [0.5, 0.6) is 0 Å². The van der Waals surface area contributed by atoms with Crippen molar-refractivity contribution in [1.29, 1.82) is 0 Å². The summed E-state index contributed by atoms with van der Waals surface area (Å²) in [7, 11) is 1.80. The van der Waals surface area contributed by atoms with Gasteiger partial charge in [0.05, 0.1) is 0 Å². The molecule has 1 atom stereocenters. The van der Waals surface area contributed by atoms with E-state index in [4.69, 9.17) is 0 Å². The fraction of sp³-hybridized carbons (Fsp3) is 0.857. The van der Waals surface area contributed by atoms with Gasteiger partial charge in [0.2, 0.25) is 6.41 Å². The molecule has 0 heterocycles. The summed E-state index contributed by atoms with van der Waals surface area (Å²) in [6.07, 6.45) is 0.866. The predicted molar refractivity (Wildman–Crippen MR) is 38.1 cm³/mol. The molecule has 0 aliphatic heterocycles. The molecule has 0 aliphatic rings. The fourth-order valence-electron chi connectivity index (χ4n) is 0.566. The van der Waals surface area contributed by atoms with E-state index in [1.54, 1.807) is 11.9 Å². The van der Waals surface area contributed by atoms with Crippen molar-refractivity contribution in [3.05, 3.63) is 0 Å². The van der Waals surface area contributed by atoms with Crippen LogP contribution in [-0.4, -0.2) is 24.4 Å². The normalized spacial score (nSPS) is 13.4. The first-order valence-electron chi connectivity index (χ1n) is 3.26. The number of hydrogen-bond acceptors (Lipinski definition) is 1. The molecule has 0 saturated carbocycles. The zero-order valence-electron chi connectivity index (χ0n) is 6.59. The average molecular weight is 129 g/mol. The molecule has 0 spiro atoms. The quantitative estimate of drug-likeness (QED) is 0.523. The van der Waals surface area contributed by atoms with Crippen LogP contribution in [0.3, 0.4) is 0 Å². The maximum Gasteiger partial charge on any atom is 0.209 e. The standard InChI is InChI=1S/C7H15NO/c1-6(2)7(3)8(4)5-9/h5-7H,1-4H3. The van der Waals surface area contributed by atoms with Gasteiger partial charge in [-0.3, -0.25) is 4.79 Å². The molecule has 0 fully saturated rings. The van der Waals surface area contributed by atoms with Gasteiger partial charge >= 0.3 is 0 Å².